The Bertz CT molecular complexity index is 195. The maximum Gasteiger partial charge on any atom is 0.0249 e. The van der Waals surface area contributed by atoms with Gasteiger partial charge in [-0.25, -0.2) is 10.0 Å². The summed E-state index contributed by atoms with van der Waals surface area (Å²) in [5.41, 5.74) is 0. The molecule has 2 rings (SSSR count). The van der Waals surface area contributed by atoms with E-state index in [0.717, 1.165) is 12.1 Å². The summed E-state index contributed by atoms with van der Waals surface area (Å²) in [6.07, 6.45) is 8.60. The van der Waals surface area contributed by atoms with E-state index in [1.54, 1.807) is 0 Å². The Morgan fingerprint density at radius 2 is 1.19 bits per heavy atom. The third kappa shape index (κ3) is 2.28. The van der Waals surface area contributed by atoms with E-state index in [-0.39, 0.29) is 0 Å². The van der Waals surface area contributed by atoms with Gasteiger partial charge in [-0.1, -0.05) is 12.8 Å². The lowest BCUT2D eigenvalue weighted by molar-refractivity contribution is -0.166. The summed E-state index contributed by atoms with van der Waals surface area (Å²) < 4.78 is 0. The molecule has 2 fully saturated rings. The van der Waals surface area contributed by atoms with Crippen LogP contribution in [0.5, 0.6) is 0 Å². The van der Waals surface area contributed by atoms with Crippen molar-refractivity contribution in [3.05, 3.63) is 0 Å². The normalized spacial score (nSPS) is 31.7. The number of hydrogen-bond acceptors (Lipinski definition) is 2. The van der Waals surface area contributed by atoms with Crippen LogP contribution in [0.4, 0.5) is 0 Å². The van der Waals surface area contributed by atoms with Crippen LogP contribution < -0.4 is 0 Å². The molecule has 0 aromatic carbocycles. The van der Waals surface area contributed by atoms with Crippen molar-refractivity contribution >= 4 is 0 Å². The summed E-state index contributed by atoms with van der Waals surface area (Å²) in [6.45, 7) is 9.35. The quantitative estimate of drug-likeness (QED) is 0.724. The zero-order valence-corrected chi connectivity index (χ0v) is 11.4. The molecule has 2 nitrogen and oxygen atoms in total. The van der Waals surface area contributed by atoms with Crippen molar-refractivity contribution in [2.45, 2.75) is 90.4 Å². The lowest BCUT2D eigenvalue weighted by atomic mass is 9.85. The van der Waals surface area contributed by atoms with E-state index in [0.29, 0.717) is 12.1 Å². The van der Waals surface area contributed by atoms with Crippen molar-refractivity contribution < 1.29 is 0 Å². The molecule has 0 saturated carbocycles. The first-order valence-corrected chi connectivity index (χ1v) is 7.18. The molecule has 94 valence electrons. The van der Waals surface area contributed by atoms with Crippen LogP contribution in [0.1, 0.15) is 66.2 Å². The molecule has 0 aromatic rings. The first-order valence-electron chi connectivity index (χ1n) is 7.18. The van der Waals surface area contributed by atoms with Crippen molar-refractivity contribution in [3.8, 4) is 0 Å². The van der Waals surface area contributed by atoms with Crippen LogP contribution in [0.15, 0.2) is 0 Å². The van der Waals surface area contributed by atoms with Crippen molar-refractivity contribution in [1.82, 2.24) is 10.0 Å². The van der Waals surface area contributed by atoms with E-state index in [1.807, 2.05) is 0 Å². The van der Waals surface area contributed by atoms with Crippen molar-refractivity contribution in [2.75, 3.05) is 0 Å². The van der Waals surface area contributed by atoms with Gasteiger partial charge in [0.1, 0.15) is 0 Å². The molecule has 0 unspecified atom stereocenters. The van der Waals surface area contributed by atoms with Gasteiger partial charge in [-0.2, -0.15) is 0 Å². The van der Waals surface area contributed by atoms with Crippen LogP contribution in [-0.2, 0) is 0 Å². The largest absolute Gasteiger partial charge is 0.236 e. The average molecular weight is 224 g/mol. The summed E-state index contributed by atoms with van der Waals surface area (Å²) in [4.78, 5) is 0. The molecule has 0 amide bonds. The SMILES string of the molecule is CC(C)N(C(C)C)N1C2CCCC1CCC2. The monoisotopic (exact) mass is 224 g/mol. The maximum atomic E-state index is 2.77. The number of piperidine rings is 2. The molecule has 0 aromatic heterocycles. The van der Waals surface area contributed by atoms with Gasteiger partial charge in [0.15, 0.2) is 0 Å². The number of rotatable bonds is 3. The molecular formula is C14H28N2. The summed E-state index contributed by atoms with van der Waals surface area (Å²) in [6, 6.07) is 2.97. The van der Waals surface area contributed by atoms with Gasteiger partial charge in [0.25, 0.3) is 0 Å². The van der Waals surface area contributed by atoms with E-state index < -0.39 is 0 Å². The fraction of sp³-hybridized carbons (Fsp3) is 1.00. The number of nitrogens with zero attached hydrogens (tertiary/aromatic N) is 2. The summed E-state index contributed by atoms with van der Waals surface area (Å²) >= 11 is 0. The molecule has 2 bridgehead atoms. The Labute approximate surface area is 101 Å². The standard InChI is InChI=1S/C14H28N2/c1-11(2)15(12(3)4)16-13-7-5-8-14(16)10-6-9-13/h11-14H,5-10H2,1-4H3. The lowest BCUT2D eigenvalue weighted by Gasteiger charge is -2.54. The second-order valence-electron chi connectivity index (χ2n) is 6.12. The Hall–Kier alpha value is -0.0800. The van der Waals surface area contributed by atoms with Gasteiger partial charge < -0.3 is 0 Å². The predicted octanol–water partition coefficient (Wildman–Crippen LogP) is 3.43. The number of hydrazine groups is 1. The van der Waals surface area contributed by atoms with Crippen molar-refractivity contribution in [1.29, 1.82) is 0 Å². The molecule has 2 aliphatic heterocycles. The Morgan fingerprint density at radius 3 is 1.50 bits per heavy atom. The highest BCUT2D eigenvalue weighted by Crippen LogP contribution is 2.36. The van der Waals surface area contributed by atoms with E-state index in [4.69, 9.17) is 0 Å². The highest BCUT2D eigenvalue weighted by molar-refractivity contribution is 4.89. The fourth-order valence-corrected chi connectivity index (χ4v) is 3.80. The van der Waals surface area contributed by atoms with E-state index >= 15 is 0 Å². The second kappa shape index (κ2) is 5.05. The van der Waals surface area contributed by atoms with Gasteiger partial charge in [-0.05, 0) is 53.4 Å². The van der Waals surface area contributed by atoms with Crippen molar-refractivity contribution in [2.24, 2.45) is 0 Å². The van der Waals surface area contributed by atoms with E-state index in [2.05, 4.69) is 37.7 Å². The molecule has 0 N–H and O–H groups in total. The minimum atomic E-state index is 0.640. The van der Waals surface area contributed by atoms with Crippen LogP contribution in [0, 0.1) is 0 Å². The van der Waals surface area contributed by atoms with Gasteiger partial charge in [0.05, 0.1) is 0 Å². The highest BCUT2D eigenvalue weighted by Gasteiger charge is 2.38. The first-order chi connectivity index (χ1) is 7.61. The maximum absolute atomic E-state index is 2.77. The lowest BCUT2D eigenvalue weighted by Crippen LogP contribution is -2.62. The van der Waals surface area contributed by atoms with Crippen LogP contribution in [0.2, 0.25) is 0 Å². The van der Waals surface area contributed by atoms with Crippen molar-refractivity contribution in [3.63, 3.8) is 0 Å². The van der Waals surface area contributed by atoms with E-state index in [1.165, 1.54) is 38.5 Å². The predicted molar refractivity (Wildman–Crippen MR) is 69.2 cm³/mol. The van der Waals surface area contributed by atoms with Gasteiger partial charge >= 0.3 is 0 Å². The molecule has 2 heteroatoms. The average Bonchev–Trinajstić information content (AvgIpc) is 2.15. The summed E-state index contributed by atoms with van der Waals surface area (Å²) in [7, 11) is 0. The zero-order chi connectivity index (χ0) is 11.7. The molecule has 0 aliphatic carbocycles. The smallest absolute Gasteiger partial charge is 0.0249 e. The Morgan fingerprint density at radius 1 is 0.812 bits per heavy atom. The minimum absolute atomic E-state index is 0.640. The highest BCUT2D eigenvalue weighted by atomic mass is 15.7. The summed E-state index contributed by atoms with van der Waals surface area (Å²) in [5.74, 6) is 0. The molecule has 0 radical (unpaired) electrons. The zero-order valence-electron chi connectivity index (χ0n) is 11.4. The molecule has 16 heavy (non-hydrogen) atoms. The van der Waals surface area contributed by atoms with Crippen LogP contribution >= 0.6 is 0 Å². The topological polar surface area (TPSA) is 6.48 Å². The Kier molecular flexibility index (Phi) is 3.91. The molecule has 2 aliphatic rings. The minimum Gasteiger partial charge on any atom is -0.236 e. The molecule has 0 spiro atoms. The third-order valence-electron chi connectivity index (χ3n) is 4.22. The van der Waals surface area contributed by atoms with Gasteiger partial charge in [0, 0.05) is 24.2 Å². The second-order valence-corrected chi connectivity index (χ2v) is 6.12. The number of hydrogen-bond donors (Lipinski definition) is 0. The fourth-order valence-electron chi connectivity index (χ4n) is 3.80. The molecule has 2 saturated heterocycles. The number of fused-ring (bicyclic) bond motifs is 2. The third-order valence-corrected chi connectivity index (χ3v) is 4.22. The molecule has 2 heterocycles. The first kappa shape index (κ1) is 12.4. The van der Waals surface area contributed by atoms with Gasteiger partial charge in [-0.3, -0.25) is 0 Å². The van der Waals surface area contributed by atoms with Crippen LogP contribution in [0.25, 0.3) is 0 Å². The van der Waals surface area contributed by atoms with Gasteiger partial charge in [-0.15, -0.1) is 0 Å². The van der Waals surface area contributed by atoms with Crippen LogP contribution in [0.3, 0.4) is 0 Å². The molecule has 0 atom stereocenters. The molecular weight excluding hydrogens is 196 g/mol. The van der Waals surface area contributed by atoms with Crippen LogP contribution in [-0.4, -0.2) is 34.2 Å². The van der Waals surface area contributed by atoms with E-state index in [9.17, 15) is 0 Å². The van der Waals surface area contributed by atoms with Gasteiger partial charge in [0.2, 0.25) is 0 Å². The summed E-state index contributed by atoms with van der Waals surface area (Å²) in [5, 5.41) is 5.41. The Balaban J connectivity index is 2.16.